The maximum absolute atomic E-state index is 11.9. The van der Waals surface area contributed by atoms with Gasteiger partial charge in [0.15, 0.2) is 0 Å². The third kappa shape index (κ3) is 3.26. The minimum atomic E-state index is -3.02. The minimum Gasteiger partial charge on any atom is -0.298 e. The average Bonchev–Trinajstić information content (AvgIpc) is 2.97. The zero-order chi connectivity index (χ0) is 15.0. The lowest BCUT2D eigenvalue weighted by atomic mass is 10.0. The highest BCUT2D eigenvalue weighted by Crippen LogP contribution is 2.33. The second-order valence-electron chi connectivity index (χ2n) is 6.06. The molecule has 2 aliphatic rings. The fraction of sp³-hybridized carbons (Fsp3) is 0.600. The van der Waals surface area contributed by atoms with E-state index in [-0.39, 0.29) is 5.75 Å². The first-order valence-corrected chi connectivity index (χ1v) is 9.41. The molecular weight excluding hydrogens is 308 g/mol. The first-order chi connectivity index (χ1) is 9.98. The molecule has 2 aliphatic heterocycles. The normalized spacial score (nSPS) is 27.1. The van der Waals surface area contributed by atoms with E-state index in [1.54, 1.807) is 11.2 Å². The number of halogens is 1. The molecular formula is C15H21ClN2O2S. The largest absolute Gasteiger partial charge is 0.298 e. The fourth-order valence-electron chi connectivity index (χ4n) is 3.48. The number of sulfonamides is 1. The van der Waals surface area contributed by atoms with Crippen molar-refractivity contribution in [2.45, 2.75) is 13.5 Å². The van der Waals surface area contributed by atoms with Gasteiger partial charge in [-0.1, -0.05) is 23.7 Å². The second kappa shape index (κ2) is 5.88. The zero-order valence-electron chi connectivity index (χ0n) is 12.2. The number of hydrogen-bond acceptors (Lipinski definition) is 3. The number of likely N-dealkylation sites (tertiary alicyclic amines) is 1. The molecule has 0 unspecified atom stereocenters. The minimum absolute atomic E-state index is 0.207. The number of rotatable bonds is 4. The van der Waals surface area contributed by atoms with Crippen molar-refractivity contribution >= 4 is 21.6 Å². The maximum Gasteiger partial charge on any atom is 0.213 e. The van der Waals surface area contributed by atoms with E-state index in [4.69, 9.17) is 11.6 Å². The van der Waals surface area contributed by atoms with Crippen LogP contribution in [0.2, 0.25) is 5.02 Å². The van der Waals surface area contributed by atoms with Crippen LogP contribution in [0.25, 0.3) is 0 Å². The summed E-state index contributed by atoms with van der Waals surface area (Å²) in [5.74, 6) is 1.16. The summed E-state index contributed by atoms with van der Waals surface area (Å²) >= 11 is 6.02. The molecule has 21 heavy (non-hydrogen) atoms. The highest BCUT2D eigenvalue weighted by atomic mass is 35.5. The first kappa shape index (κ1) is 15.3. The maximum atomic E-state index is 11.9. The number of fused-ring (bicyclic) bond motifs is 1. The number of benzene rings is 1. The van der Waals surface area contributed by atoms with Crippen molar-refractivity contribution in [1.29, 1.82) is 0 Å². The molecule has 0 aliphatic carbocycles. The van der Waals surface area contributed by atoms with Gasteiger partial charge in [0, 0.05) is 37.7 Å². The molecule has 116 valence electrons. The van der Waals surface area contributed by atoms with Crippen LogP contribution in [0.1, 0.15) is 12.5 Å². The van der Waals surface area contributed by atoms with E-state index in [1.165, 1.54) is 5.56 Å². The van der Waals surface area contributed by atoms with Gasteiger partial charge in [-0.25, -0.2) is 12.7 Å². The van der Waals surface area contributed by atoms with Crippen molar-refractivity contribution in [1.82, 2.24) is 9.21 Å². The molecule has 3 rings (SSSR count). The molecule has 0 bridgehead atoms. The standard InChI is InChI=1S/C15H21ClN2O2S/c1-2-21(19,20)18-10-13-8-17(9-14(13)11-18)7-12-4-3-5-15(16)6-12/h3-6,13-14H,2,7-11H2,1H3/t13-,14+. The van der Waals surface area contributed by atoms with Gasteiger partial charge < -0.3 is 0 Å². The average molecular weight is 329 g/mol. The molecule has 2 atom stereocenters. The first-order valence-electron chi connectivity index (χ1n) is 7.42. The highest BCUT2D eigenvalue weighted by Gasteiger charge is 2.43. The van der Waals surface area contributed by atoms with E-state index in [2.05, 4.69) is 11.0 Å². The highest BCUT2D eigenvalue weighted by molar-refractivity contribution is 7.89. The van der Waals surface area contributed by atoms with Crippen LogP contribution in [-0.2, 0) is 16.6 Å². The van der Waals surface area contributed by atoms with Crippen molar-refractivity contribution in [3.05, 3.63) is 34.9 Å². The molecule has 0 aromatic heterocycles. The summed E-state index contributed by atoms with van der Waals surface area (Å²) in [6, 6.07) is 7.96. The monoisotopic (exact) mass is 328 g/mol. The Morgan fingerprint density at radius 2 is 1.86 bits per heavy atom. The summed E-state index contributed by atoms with van der Waals surface area (Å²) in [4.78, 5) is 2.41. The van der Waals surface area contributed by atoms with Gasteiger partial charge in [-0.2, -0.15) is 0 Å². The van der Waals surface area contributed by atoms with Crippen LogP contribution >= 0.6 is 11.6 Å². The molecule has 0 radical (unpaired) electrons. The van der Waals surface area contributed by atoms with Gasteiger partial charge in [0.25, 0.3) is 0 Å². The van der Waals surface area contributed by atoms with Crippen LogP contribution in [0.5, 0.6) is 0 Å². The van der Waals surface area contributed by atoms with Crippen LogP contribution < -0.4 is 0 Å². The van der Waals surface area contributed by atoms with Crippen LogP contribution in [0.4, 0.5) is 0 Å². The molecule has 4 nitrogen and oxygen atoms in total. The predicted molar refractivity (Wildman–Crippen MR) is 84.7 cm³/mol. The van der Waals surface area contributed by atoms with Crippen molar-refractivity contribution < 1.29 is 8.42 Å². The molecule has 1 aromatic rings. The van der Waals surface area contributed by atoms with E-state index in [9.17, 15) is 8.42 Å². The summed E-state index contributed by atoms with van der Waals surface area (Å²) in [5.41, 5.74) is 1.22. The zero-order valence-corrected chi connectivity index (χ0v) is 13.8. The lowest BCUT2D eigenvalue weighted by Gasteiger charge is -2.21. The van der Waals surface area contributed by atoms with E-state index < -0.39 is 10.0 Å². The Kier molecular flexibility index (Phi) is 4.28. The topological polar surface area (TPSA) is 40.6 Å². The van der Waals surface area contributed by atoms with Crippen LogP contribution in [0.3, 0.4) is 0 Å². The van der Waals surface area contributed by atoms with Crippen molar-refractivity contribution in [3.8, 4) is 0 Å². The lowest BCUT2D eigenvalue weighted by molar-refractivity contribution is 0.290. The van der Waals surface area contributed by atoms with Gasteiger partial charge in [-0.3, -0.25) is 4.90 Å². The summed E-state index contributed by atoms with van der Waals surface area (Å²) in [7, 11) is -3.02. The second-order valence-corrected chi connectivity index (χ2v) is 8.76. The summed E-state index contributed by atoms with van der Waals surface area (Å²) in [6.07, 6.45) is 0. The van der Waals surface area contributed by atoms with Crippen molar-refractivity contribution in [3.63, 3.8) is 0 Å². The van der Waals surface area contributed by atoms with Crippen molar-refractivity contribution in [2.24, 2.45) is 11.8 Å². The van der Waals surface area contributed by atoms with Gasteiger partial charge in [-0.05, 0) is 36.5 Å². The van der Waals surface area contributed by atoms with Gasteiger partial charge in [0.1, 0.15) is 0 Å². The van der Waals surface area contributed by atoms with Crippen LogP contribution in [-0.4, -0.2) is 49.6 Å². The van der Waals surface area contributed by atoms with E-state index in [1.807, 2.05) is 18.2 Å². The number of nitrogens with zero attached hydrogens (tertiary/aromatic N) is 2. The smallest absolute Gasteiger partial charge is 0.213 e. The molecule has 0 spiro atoms. The van der Waals surface area contributed by atoms with Gasteiger partial charge in [-0.15, -0.1) is 0 Å². The Labute approximate surface area is 131 Å². The summed E-state index contributed by atoms with van der Waals surface area (Å²) in [6.45, 7) is 5.95. The van der Waals surface area contributed by atoms with E-state index in [0.717, 1.165) is 24.7 Å². The Morgan fingerprint density at radius 3 is 2.43 bits per heavy atom. The summed E-state index contributed by atoms with van der Waals surface area (Å²) < 4.78 is 25.6. The molecule has 0 N–H and O–H groups in total. The van der Waals surface area contributed by atoms with Crippen LogP contribution in [0.15, 0.2) is 24.3 Å². The quantitative estimate of drug-likeness (QED) is 0.849. The van der Waals surface area contributed by atoms with Gasteiger partial charge >= 0.3 is 0 Å². The van der Waals surface area contributed by atoms with Crippen LogP contribution in [0, 0.1) is 11.8 Å². The van der Waals surface area contributed by atoms with Crippen molar-refractivity contribution in [2.75, 3.05) is 31.9 Å². The molecule has 2 heterocycles. The van der Waals surface area contributed by atoms with E-state index in [0.29, 0.717) is 24.9 Å². The number of hydrogen-bond donors (Lipinski definition) is 0. The third-order valence-electron chi connectivity index (χ3n) is 4.58. The predicted octanol–water partition coefficient (Wildman–Crippen LogP) is 2.05. The SMILES string of the molecule is CCS(=O)(=O)N1C[C@H]2CN(Cc3cccc(Cl)c3)C[C@H]2C1. The molecule has 2 fully saturated rings. The van der Waals surface area contributed by atoms with Gasteiger partial charge in [0.05, 0.1) is 5.75 Å². The fourth-order valence-corrected chi connectivity index (χ4v) is 4.89. The van der Waals surface area contributed by atoms with E-state index >= 15 is 0 Å². The lowest BCUT2D eigenvalue weighted by Crippen LogP contribution is -2.34. The molecule has 6 heteroatoms. The summed E-state index contributed by atoms with van der Waals surface area (Å²) in [5, 5.41) is 0.770. The Hall–Kier alpha value is -0.620. The Balaban J connectivity index is 1.60. The Morgan fingerprint density at radius 1 is 1.19 bits per heavy atom. The molecule has 1 aromatic carbocycles. The van der Waals surface area contributed by atoms with Gasteiger partial charge in [0.2, 0.25) is 10.0 Å². The molecule has 2 saturated heterocycles. The molecule has 0 amide bonds. The third-order valence-corrected chi connectivity index (χ3v) is 6.63. The molecule has 0 saturated carbocycles. The Bertz CT molecular complexity index is 606.